The molecule has 0 aromatic carbocycles. The Bertz CT molecular complexity index is 546. The van der Waals surface area contributed by atoms with E-state index in [1.807, 2.05) is 20.8 Å². The molecule has 210 valence electrons. The predicted octanol–water partition coefficient (Wildman–Crippen LogP) is 8.65. The summed E-state index contributed by atoms with van der Waals surface area (Å²) < 4.78 is 28.1. The van der Waals surface area contributed by atoms with E-state index in [9.17, 15) is 14.3 Å². The molecule has 0 aromatic heterocycles. The van der Waals surface area contributed by atoms with Crippen LogP contribution in [0.25, 0.3) is 0 Å². The maximum atomic E-state index is 12.1. The molecule has 1 N–H and O–H groups in total. The summed E-state index contributed by atoms with van der Waals surface area (Å²) in [6, 6.07) is 0. The molecule has 0 heterocycles. The fourth-order valence-electron chi connectivity index (χ4n) is 3.93. The topological polar surface area (TPSA) is 82.1 Å². The van der Waals surface area contributed by atoms with Crippen molar-refractivity contribution in [3.8, 4) is 0 Å². The number of Topliss-reactive ketones (excluding diaryl/α,β-unsaturated/α-hetero) is 1. The van der Waals surface area contributed by atoms with Crippen molar-refractivity contribution in [1.29, 1.82) is 0 Å². The maximum absolute atomic E-state index is 12.1. The lowest BCUT2D eigenvalue weighted by Gasteiger charge is -2.21. The van der Waals surface area contributed by atoms with Crippen molar-refractivity contribution >= 4 is 13.6 Å². The second-order valence-corrected chi connectivity index (χ2v) is 12.8. The fourth-order valence-corrected chi connectivity index (χ4v) is 4.72. The number of hydrogen-bond donors (Lipinski definition) is 1. The molecule has 2 atom stereocenters. The van der Waals surface area contributed by atoms with Crippen molar-refractivity contribution in [2.45, 2.75) is 137 Å². The zero-order valence-electron chi connectivity index (χ0n) is 23.7. The number of carbonyl (C=O) groups excluding carboxylic acids is 1. The Balaban J connectivity index is 3.77. The smallest absolute Gasteiger partial charge is 0.381 e. The van der Waals surface area contributed by atoms with Crippen LogP contribution in [0.4, 0.5) is 0 Å². The summed E-state index contributed by atoms with van der Waals surface area (Å²) in [5.74, 6) is -0.231. The van der Waals surface area contributed by atoms with Crippen LogP contribution in [0, 0.1) is 11.3 Å². The SMILES string of the molecule is CCCCCCCCCCCCCCCCOC[C@H](COP(=O)(O)OCCC(C)(C)C)CC(C)=O. The number of unbranched alkanes of at least 4 members (excludes halogenated alkanes) is 13. The Kier molecular flexibility index (Phi) is 21.6. The number of phosphoric ester groups is 1. The molecule has 6 nitrogen and oxygen atoms in total. The van der Waals surface area contributed by atoms with Gasteiger partial charge < -0.3 is 14.4 Å². The lowest BCUT2D eigenvalue weighted by atomic mass is 9.93. The Morgan fingerprint density at radius 3 is 1.71 bits per heavy atom. The third-order valence-corrected chi connectivity index (χ3v) is 7.14. The van der Waals surface area contributed by atoms with Gasteiger partial charge in [-0.15, -0.1) is 0 Å². The van der Waals surface area contributed by atoms with Gasteiger partial charge in [-0.3, -0.25) is 9.05 Å². The molecule has 7 heteroatoms. The average Bonchev–Trinajstić information content (AvgIpc) is 2.75. The van der Waals surface area contributed by atoms with E-state index in [0.29, 0.717) is 19.6 Å². The number of ether oxygens (including phenoxy) is 1. The monoisotopic (exact) mass is 520 g/mol. The summed E-state index contributed by atoms with van der Waals surface area (Å²) in [5.41, 5.74) is 0.0121. The van der Waals surface area contributed by atoms with Crippen LogP contribution in [-0.2, 0) is 23.1 Å². The van der Waals surface area contributed by atoms with Gasteiger partial charge in [-0.25, -0.2) is 4.57 Å². The standard InChI is InChI=1S/C28H57O6P/c1-6-7-8-9-10-11-12-13-14-15-16-17-18-19-21-32-24-27(23-26(2)29)25-34-35(30,31)33-22-20-28(3,4)5/h27H,6-25H2,1-5H3,(H,30,31)/t27-/m1/s1. The summed E-state index contributed by atoms with van der Waals surface area (Å²) >= 11 is 0. The molecule has 0 spiro atoms. The highest BCUT2D eigenvalue weighted by atomic mass is 31.2. The quantitative estimate of drug-likeness (QED) is 0.0958. The number of phosphoric acid groups is 1. The first kappa shape index (κ1) is 34.7. The van der Waals surface area contributed by atoms with Crippen LogP contribution in [0.15, 0.2) is 0 Å². The van der Waals surface area contributed by atoms with E-state index < -0.39 is 7.82 Å². The van der Waals surface area contributed by atoms with E-state index in [2.05, 4.69) is 6.92 Å². The summed E-state index contributed by atoms with van der Waals surface area (Å²) in [6.07, 6.45) is 19.4. The Morgan fingerprint density at radius 1 is 0.771 bits per heavy atom. The van der Waals surface area contributed by atoms with Gasteiger partial charge in [0.05, 0.1) is 19.8 Å². The maximum Gasteiger partial charge on any atom is 0.472 e. The molecule has 0 fully saturated rings. The van der Waals surface area contributed by atoms with E-state index >= 15 is 0 Å². The third-order valence-electron chi connectivity index (χ3n) is 6.15. The van der Waals surface area contributed by atoms with Crippen LogP contribution in [-0.4, -0.2) is 37.1 Å². The minimum Gasteiger partial charge on any atom is -0.381 e. The Hall–Kier alpha value is -0.260. The second kappa shape index (κ2) is 21.8. The van der Waals surface area contributed by atoms with E-state index in [1.54, 1.807) is 0 Å². The predicted molar refractivity (Wildman–Crippen MR) is 146 cm³/mol. The van der Waals surface area contributed by atoms with Gasteiger partial charge in [0.25, 0.3) is 0 Å². The van der Waals surface area contributed by atoms with Gasteiger partial charge in [0.2, 0.25) is 0 Å². The normalized spacial score (nSPS) is 14.7. The van der Waals surface area contributed by atoms with Crippen molar-refractivity contribution in [3.63, 3.8) is 0 Å². The van der Waals surface area contributed by atoms with Crippen LogP contribution in [0.5, 0.6) is 0 Å². The number of carbonyl (C=O) groups is 1. The first-order valence-corrected chi connectivity index (χ1v) is 15.7. The van der Waals surface area contributed by atoms with Crippen LogP contribution < -0.4 is 0 Å². The van der Waals surface area contributed by atoms with Gasteiger partial charge in [-0.1, -0.05) is 111 Å². The molecular weight excluding hydrogens is 463 g/mol. The minimum absolute atomic E-state index is 0.0121. The first-order chi connectivity index (χ1) is 16.6. The highest BCUT2D eigenvalue weighted by Crippen LogP contribution is 2.44. The molecule has 0 aliphatic rings. The summed E-state index contributed by atoms with van der Waals surface area (Å²) in [5, 5.41) is 0. The number of rotatable bonds is 25. The molecule has 0 saturated heterocycles. The van der Waals surface area contributed by atoms with Crippen molar-refractivity contribution < 1.29 is 28.0 Å². The van der Waals surface area contributed by atoms with Gasteiger partial charge in [0.15, 0.2) is 0 Å². The Labute approximate surface area is 216 Å². The van der Waals surface area contributed by atoms with Crippen molar-refractivity contribution in [3.05, 3.63) is 0 Å². The van der Waals surface area contributed by atoms with Crippen LogP contribution in [0.3, 0.4) is 0 Å². The van der Waals surface area contributed by atoms with Crippen LogP contribution in [0.1, 0.15) is 137 Å². The molecule has 0 saturated carbocycles. The highest BCUT2D eigenvalue weighted by Gasteiger charge is 2.25. The molecule has 35 heavy (non-hydrogen) atoms. The minimum atomic E-state index is -4.12. The molecule has 0 aromatic rings. The van der Waals surface area contributed by atoms with Crippen LogP contribution >= 0.6 is 7.82 Å². The van der Waals surface area contributed by atoms with Crippen molar-refractivity contribution in [1.82, 2.24) is 0 Å². The van der Waals surface area contributed by atoms with Gasteiger partial charge in [0, 0.05) is 18.9 Å². The zero-order chi connectivity index (χ0) is 26.4. The zero-order valence-corrected chi connectivity index (χ0v) is 24.5. The molecular formula is C28H57O6P. The lowest BCUT2D eigenvalue weighted by molar-refractivity contribution is -0.118. The van der Waals surface area contributed by atoms with Gasteiger partial charge in [0.1, 0.15) is 5.78 Å². The molecule has 0 radical (unpaired) electrons. The summed E-state index contributed by atoms with van der Waals surface area (Å²) in [4.78, 5) is 21.5. The molecule has 1 unspecified atom stereocenters. The largest absolute Gasteiger partial charge is 0.472 e. The van der Waals surface area contributed by atoms with E-state index in [1.165, 1.54) is 84.0 Å². The van der Waals surface area contributed by atoms with E-state index in [0.717, 1.165) is 12.8 Å². The van der Waals surface area contributed by atoms with Crippen molar-refractivity contribution in [2.24, 2.45) is 11.3 Å². The molecule has 0 rings (SSSR count). The first-order valence-electron chi connectivity index (χ1n) is 14.2. The third kappa shape index (κ3) is 26.6. The lowest BCUT2D eigenvalue weighted by Crippen LogP contribution is -2.19. The van der Waals surface area contributed by atoms with Gasteiger partial charge in [-0.05, 0) is 25.2 Å². The highest BCUT2D eigenvalue weighted by molar-refractivity contribution is 7.47. The van der Waals surface area contributed by atoms with Crippen LogP contribution in [0.2, 0.25) is 0 Å². The van der Waals surface area contributed by atoms with Gasteiger partial charge in [-0.2, -0.15) is 0 Å². The molecule has 0 aliphatic heterocycles. The Morgan fingerprint density at radius 2 is 1.26 bits per heavy atom. The van der Waals surface area contributed by atoms with E-state index in [-0.39, 0.29) is 36.8 Å². The van der Waals surface area contributed by atoms with Gasteiger partial charge >= 0.3 is 7.82 Å². The summed E-state index contributed by atoms with van der Waals surface area (Å²) in [6.45, 7) is 11.0. The molecule has 0 aliphatic carbocycles. The molecule has 0 bridgehead atoms. The number of ketones is 1. The molecule has 0 amide bonds. The fraction of sp³-hybridized carbons (Fsp3) is 0.964. The van der Waals surface area contributed by atoms with E-state index in [4.69, 9.17) is 13.8 Å². The summed E-state index contributed by atoms with van der Waals surface area (Å²) in [7, 11) is -4.12. The second-order valence-electron chi connectivity index (χ2n) is 11.4. The number of hydrogen-bond acceptors (Lipinski definition) is 5. The van der Waals surface area contributed by atoms with Crippen molar-refractivity contribution in [2.75, 3.05) is 26.4 Å². The average molecular weight is 521 g/mol.